The van der Waals surface area contributed by atoms with Gasteiger partial charge >= 0.3 is 11.9 Å². The first-order valence-corrected chi connectivity index (χ1v) is 9.09. The van der Waals surface area contributed by atoms with Crippen LogP contribution in [0.15, 0.2) is 42.5 Å². The molecule has 0 heterocycles. The number of methoxy groups -OCH3 is 1. The summed E-state index contributed by atoms with van der Waals surface area (Å²) in [5.41, 5.74) is 0. The Bertz CT molecular complexity index is 835. The molecule has 0 aliphatic carbocycles. The van der Waals surface area contributed by atoms with Crippen molar-refractivity contribution in [1.29, 1.82) is 0 Å². The number of benzene rings is 2. The summed E-state index contributed by atoms with van der Waals surface area (Å²) in [5.74, 6) is -1.36. The minimum atomic E-state index is -0.782. The molecule has 2 aromatic carbocycles. The Hall–Kier alpha value is -3.09. The third-order valence-corrected chi connectivity index (χ3v) is 4.43. The van der Waals surface area contributed by atoms with Gasteiger partial charge in [0.25, 0.3) is 5.91 Å². The molecule has 0 aromatic heterocycles. The first kappa shape index (κ1) is 21.2. The molecule has 0 saturated heterocycles. The smallest absolute Gasteiger partial charge is 0.344 e. The zero-order valence-electron chi connectivity index (χ0n) is 16.3. The summed E-state index contributed by atoms with van der Waals surface area (Å²) < 4.78 is 15.0. The van der Waals surface area contributed by atoms with Gasteiger partial charge in [0.1, 0.15) is 11.8 Å². The van der Waals surface area contributed by atoms with Gasteiger partial charge in [-0.25, -0.2) is 9.59 Å². The van der Waals surface area contributed by atoms with E-state index in [4.69, 9.17) is 14.2 Å². The molecule has 1 amide bonds. The molecule has 7 heteroatoms. The van der Waals surface area contributed by atoms with Crippen molar-refractivity contribution >= 4 is 28.6 Å². The molecular weight excluding hydrogens is 362 g/mol. The average molecular weight is 387 g/mol. The van der Waals surface area contributed by atoms with E-state index in [2.05, 4.69) is 5.32 Å². The fourth-order valence-corrected chi connectivity index (χ4v) is 2.60. The number of rotatable bonds is 9. The summed E-state index contributed by atoms with van der Waals surface area (Å²) in [5, 5.41) is 4.59. The molecule has 0 radical (unpaired) electrons. The highest BCUT2D eigenvalue weighted by molar-refractivity contribution is 5.86. The number of nitrogens with one attached hydrogen (secondary N) is 1. The molecule has 2 aromatic rings. The van der Waals surface area contributed by atoms with Gasteiger partial charge in [0.05, 0.1) is 7.11 Å². The van der Waals surface area contributed by atoms with Crippen molar-refractivity contribution in [1.82, 2.24) is 5.32 Å². The highest BCUT2D eigenvalue weighted by Gasteiger charge is 2.26. The topological polar surface area (TPSA) is 90.9 Å². The molecule has 0 aliphatic rings. The summed E-state index contributed by atoms with van der Waals surface area (Å²) in [7, 11) is 1.26. The second-order valence-electron chi connectivity index (χ2n) is 6.41. The van der Waals surface area contributed by atoms with Crippen LogP contribution in [0.25, 0.3) is 10.8 Å². The number of hydrogen-bond acceptors (Lipinski definition) is 6. The van der Waals surface area contributed by atoms with Crippen LogP contribution >= 0.6 is 0 Å². The molecule has 2 rings (SSSR count). The second-order valence-corrected chi connectivity index (χ2v) is 6.41. The van der Waals surface area contributed by atoms with E-state index in [9.17, 15) is 14.4 Å². The zero-order chi connectivity index (χ0) is 20.5. The standard InChI is InChI=1S/C21H25NO6/c1-4-14(2)20(21(25)26-3)22-18(23)12-28-19(24)13-27-17-10-9-15-7-5-6-8-16(15)11-17/h5-11,14,20H,4,12-13H2,1-3H3,(H,22,23)/t14-,20-/m0/s1. The van der Waals surface area contributed by atoms with E-state index in [-0.39, 0.29) is 12.5 Å². The molecule has 150 valence electrons. The molecule has 1 N–H and O–H groups in total. The maximum Gasteiger partial charge on any atom is 0.344 e. The van der Waals surface area contributed by atoms with Gasteiger partial charge in [-0.3, -0.25) is 4.79 Å². The van der Waals surface area contributed by atoms with Crippen LogP contribution in [0.4, 0.5) is 0 Å². The van der Waals surface area contributed by atoms with Gasteiger partial charge in [0.15, 0.2) is 13.2 Å². The largest absolute Gasteiger partial charge is 0.482 e. The van der Waals surface area contributed by atoms with E-state index in [1.165, 1.54) is 7.11 Å². The summed E-state index contributed by atoms with van der Waals surface area (Å²) in [6.07, 6.45) is 0.680. The Kier molecular flexibility index (Phi) is 7.80. The lowest BCUT2D eigenvalue weighted by molar-refractivity contribution is -0.152. The van der Waals surface area contributed by atoms with E-state index in [0.717, 1.165) is 10.8 Å². The lowest BCUT2D eigenvalue weighted by Crippen LogP contribution is -2.47. The number of hydrogen-bond donors (Lipinski definition) is 1. The molecule has 0 bridgehead atoms. The second kappa shape index (κ2) is 10.3. The van der Waals surface area contributed by atoms with Crippen molar-refractivity contribution < 1.29 is 28.6 Å². The van der Waals surface area contributed by atoms with Gasteiger partial charge < -0.3 is 19.5 Å². The van der Waals surface area contributed by atoms with Crippen LogP contribution in [-0.4, -0.2) is 44.2 Å². The fraction of sp³-hybridized carbons (Fsp3) is 0.381. The molecule has 0 fully saturated rings. The molecule has 0 aliphatic heterocycles. The predicted molar refractivity (Wildman–Crippen MR) is 104 cm³/mol. The van der Waals surface area contributed by atoms with E-state index in [1.54, 1.807) is 6.07 Å². The third-order valence-electron chi connectivity index (χ3n) is 4.43. The van der Waals surface area contributed by atoms with Crippen LogP contribution in [0.5, 0.6) is 5.75 Å². The maximum atomic E-state index is 12.0. The first-order valence-electron chi connectivity index (χ1n) is 9.09. The number of carbonyl (C=O) groups excluding carboxylic acids is 3. The van der Waals surface area contributed by atoms with Crippen molar-refractivity contribution in [3.63, 3.8) is 0 Å². The molecule has 7 nitrogen and oxygen atoms in total. The highest BCUT2D eigenvalue weighted by Crippen LogP contribution is 2.20. The molecule has 2 atom stereocenters. The summed E-state index contributed by atoms with van der Waals surface area (Å²) in [6.45, 7) is 2.91. The Morgan fingerprint density at radius 2 is 1.75 bits per heavy atom. The number of amides is 1. The lowest BCUT2D eigenvalue weighted by Gasteiger charge is -2.21. The van der Waals surface area contributed by atoms with Crippen molar-refractivity contribution in [2.45, 2.75) is 26.3 Å². The number of ether oxygens (including phenoxy) is 3. The highest BCUT2D eigenvalue weighted by atomic mass is 16.6. The van der Waals surface area contributed by atoms with Crippen molar-refractivity contribution in [2.75, 3.05) is 20.3 Å². The summed E-state index contributed by atoms with van der Waals surface area (Å²) >= 11 is 0. The normalized spacial score (nSPS) is 12.7. The van der Waals surface area contributed by atoms with Gasteiger partial charge in [-0.05, 0) is 28.8 Å². The van der Waals surface area contributed by atoms with Gasteiger partial charge in [0.2, 0.25) is 0 Å². The Morgan fingerprint density at radius 3 is 2.43 bits per heavy atom. The van der Waals surface area contributed by atoms with Crippen molar-refractivity contribution in [3.05, 3.63) is 42.5 Å². The van der Waals surface area contributed by atoms with Crippen LogP contribution < -0.4 is 10.1 Å². The SMILES string of the molecule is CC[C@H](C)[C@H](NC(=O)COC(=O)COc1ccc2ccccc2c1)C(=O)OC. The van der Waals surface area contributed by atoms with Crippen LogP contribution in [-0.2, 0) is 23.9 Å². The molecular formula is C21H25NO6. The summed E-state index contributed by atoms with van der Waals surface area (Å²) in [6, 6.07) is 12.5. The van der Waals surface area contributed by atoms with E-state index in [0.29, 0.717) is 12.2 Å². The van der Waals surface area contributed by atoms with E-state index in [1.807, 2.05) is 50.2 Å². The number of carbonyl (C=O) groups is 3. The Morgan fingerprint density at radius 1 is 1.04 bits per heavy atom. The minimum Gasteiger partial charge on any atom is -0.482 e. The third kappa shape index (κ3) is 5.97. The molecule has 0 saturated carbocycles. The van der Waals surface area contributed by atoms with Gasteiger partial charge in [0, 0.05) is 0 Å². The quantitative estimate of drug-likeness (QED) is 0.665. The predicted octanol–water partition coefficient (Wildman–Crippen LogP) is 2.47. The minimum absolute atomic E-state index is 0.108. The number of esters is 2. The monoisotopic (exact) mass is 387 g/mol. The van der Waals surface area contributed by atoms with Gasteiger partial charge in [-0.15, -0.1) is 0 Å². The van der Waals surface area contributed by atoms with Crippen LogP contribution in [0.3, 0.4) is 0 Å². The zero-order valence-corrected chi connectivity index (χ0v) is 16.3. The summed E-state index contributed by atoms with van der Waals surface area (Å²) in [4.78, 5) is 35.6. The van der Waals surface area contributed by atoms with Crippen molar-refractivity contribution in [3.8, 4) is 5.75 Å². The fourth-order valence-electron chi connectivity index (χ4n) is 2.60. The van der Waals surface area contributed by atoms with Crippen molar-refractivity contribution in [2.24, 2.45) is 5.92 Å². The molecule has 28 heavy (non-hydrogen) atoms. The maximum absolute atomic E-state index is 12.0. The van der Waals surface area contributed by atoms with Crippen LogP contribution in [0.1, 0.15) is 20.3 Å². The number of fused-ring (bicyclic) bond motifs is 1. The molecule has 0 unspecified atom stereocenters. The first-order chi connectivity index (χ1) is 13.4. The van der Waals surface area contributed by atoms with Gasteiger partial charge in [-0.2, -0.15) is 0 Å². The van der Waals surface area contributed by atoms with Crippen LogP contribution in [0.2, 0.25) is 0 Å². The van der Waals surface area contributed by atoms with Crippen LogP contribution in [0, 0.1) is 5.92 Å². The lowest BCUT2D eigenvalue weighted by atomic mass is 9.99. The Labute approximate surface area is 164 Å². The van der Waals surface area contributed by atoms with E-state index >= 15 is 0 Å². The van der Waals surface area contributed by atoms with E-state index < -0.39 is 30.5 Å². The van der Waals surface area contributed by atoms with Gasteiger partial charge in [-0.1, -0.05) is 50.6 Å². The molecule has 0 spiro atoms. The Balaban J connectivity index is 1.80. The average Bonchev–Trinajstić information content (AvgIpc) is 2.73.